The summed E-state index contributed by atoms with van der Waals surface area (Å²) < 4.78 is 6.85. The molecule has 1 saturated heterocycles. The molecule has 2 aliphatic rings. The van der Waals surface area contributed by atoms with Crippen molar-refractivity contribution in [2.45, 2.75) is 88.1 Å². The van der Waals surface area contributed by atoms with Gasteiger partial charge in [-0.05, 0) is 44.8 Å². The smallest absolute Gasteiger partial charge is 0.0708 e. The van der Waals surface area contributed by atoms with E-state index in [-0.39, 0.29) is 5.60 Å². The van der Waals surface area contributed by atoms with Crippen LogP contribution in [0.3, 0.4) is 0 Å². The highest BCUT2D eigenvalue weighted by Crippen LogP contribution is 2.41. The molecule has 0 aromatic heterocycles. The van der Waals surface area contributed by atoms with E-state index < -0.39 is 0 Å². The number of ether oxygens (including phenoxy) is 1. The summed E-state index contributed by atoms with van der Waals surface area (Å²) in [5, 5.41) is 3.70. The zero-order valence-corrected chi connectivity index (χ0v) is 14.5. The van der Waals surface area contributed by atoms with Crippen molar-refractivity contribution in [3.63, 3.8) is 0 Å². The molecule has 2 nitrogen and oxygen atoms in total. The predicted octanol–water partition coefficient (Wildman–Crippen LogP) is 4.38. The van der Waals surface area contributed by atoms with E-state index in [9.17, 15) is 0 Å². The minimum Gasteiger partial charge on any atom is -0.370 e. The van der Waals surface area contributed by atoms with Crippen LogP contribution in [0.4, 0.5) is 0 Å². The summed E-state index contributed by atoms with van der Waals surface area (Å²) in [7, 11) is 0. The van der Waals surface area contributed by atoms with Gasteiger partial charge < -0.3 is 10.1 Å². The zero-order chi connectivity index (χ0) is 14.5. The molecule has 3 heteroatoms. The maximum absolute atomic E-state index is 6.44. The van der Waals surface area contributed by atoms with Gasteiger partial charge in [-0.25, -0.2) is 0 Å². The van der Waals surface area contributed by atoms with Crippen molar-refractivity contribution >= 4 is 11.8 Å². The Balaban J connectivity index is 1.73. The SMILES string of the molecule is CCC(CC)(CNCC1CCC2(CCCCC2)O1)SC. The van der Waals surface area contributed by atoms with Crippen molar-refractivity contribution in [3.8, 4) is 0 Å². The van der Waals surface area contributed by atoms with Crippen LogP contribution in [-0.4, -0.2) is 35.8 Å². The lowest BCUT2D eigenvalue weighted by atomic mass is 9.83. The average Bonchev–Trinajstić information content (AvgIpc) is 2.88. The average molecular weight is 300 g/mol. The molecule has 20 heavy (non-hydrogen) atoms. The molecule has 1 N–H and O–H groups in total. The van der Waals surface area contributed by atoms with Crippen LogP contribution in [0.25, 0.3) is 0 Å². The quantitative estimate of drug-likeness (QED) is 0.754. The Hall–Kier alpha value is 0.270. The van der Waals surface area contributed by atoms with E-state index in [4.69, 9.17) is 4.74 Å². The van der Waals surface area contributed by atoms with Crippen molar-refractivity contribution < 1.29 is 4.74 Å². The number of rotatable bonds is 7. The summed E-state index contributed by atoms with van der Waals surface area (Å²) in [6.45, 7) is 6.79. The third kappa shape index (κ3) is 3.92. The Bertz CT molecular complexity index is 276. The Kier molecular flexibility index (Phi) is 6.25. The van der Waals surface area contributed by atoms with E-state index in [1.165, 1.54) is 57.8 Å². The molecule has 0 aromatic carbocycles. The van der Waals surface area contributed by atoms with Gasteiger partial charge in [0.05, 0.1) is 11.7 Å². The minimum absolute atomic E-state index is 0.275. The maximum Gasteiger partial charge on any atom is 0.0708 e. The molecule has 2 fully saturated rings. The summed E-state index contributed by atoms with van der Waals surface area (Å²) in [5.41, 5.74) is 0.275. The van der Waals surface area contributed by atoms with E-state index in [2.05, 4.69) is 25.4 Å². The molecule has 1 saturated carbocycles. The molecule has 118 valence electrons. The van der Waals surface area contributed by atoms with Gasteiger partial charge >= 0.3 is 0 Å². The Morgan fingerprint density at radius 2 is 1.85 bits per heavy atom. The van der Waals surface area contributed by atoms with E-state index in [1.54, 1.807) is 0 Å². The molecule has 1 atom stereocenters. The monoisotopic (exact) mass is 299 g/mol. The largest absolute Gasteiger partial charge is 0.370 e. The van der Waals surface area contributed by atoms with Gasteiger partial charge in [0.25, 0.3) is 0 Å². The van der Waals surface area contributed by atoms with Crippen molar-refractivity contribution in [1.29, 1.82) is 0 Å². The Morgan fingerprint density at radius 1 is 1.15 bits per heavy atom. The lowest BCUT2D eigenvalue weighted by molar-refractivity contribution is -0.0624. The Morgan fingerprint density at radius 3 is 2.45 bits per heavy atom. The highest BCUT2D eigenvalue weighted by Gasteiger charge is 2.40. The Labute approximate surface area is 129 Å². The highest BCUT2D eigenvalue weighted by molar-refractivity contribution is 8.00. The van der Waals surface area contributed by atoms with Crippen LogP contribution in [0.1, 0.15) is 71.6 Å². The second-order valence-electron chi connectivity index (χ2n) is 6.75. The van der Waals surface area contributed by atoms with Crippen molar-refractivity contribution in [1.82, 2.24) is 5.32 Å². The van der Waals surface area contributed by atoms with E-state index in [1.807, 2.05) is 11.8 Å². The van der Waals surface area contributed by atoms with Gasteiger partial charge in [0.15, 0.2) is 0 Å². The van der Waals surface area contributed by atoms with Gasteiger partial charge in [-0.15, -0.1) is 0 Å². The second-order valence-corrected chi connectivity index (χ2v) is 8.02. The van der Waals surface area contributed by atoms with Gasteiger partial charge in [-0.2, -0.15) is 11.8 Å². The van der Waals surface area contributed by atoms with Crippen LogP contribution in [0.5, 0.6) is 0 Å². The van der Waals surface area contributed by atoms with Gasteiger partial charge in [-0.3, -0.25) is 0 Å². The van der Waals surface area contributed by atoms with E-state index in [0.29, 0.717) is 10.9 Å². The summed E-state index contributed by atoms with van der Waals surface area (Å²) in [6, 6.07) is 0. The number of thioether (sulfide) groups is 1. The minimum atomic E-state index is 0.275. The van der Waals surface area contributed by atoms with Crippen LogP contribution in [0.15, 0.2) is 0 Å². The van der Waals surface area contributed by atoms with Crippen LogP contribution in [0, 0.1) is 0 Å². The summed E-state index contributed by atoms with van der Waals surface area (Å²) in [4.78, 5) is 0. The lowest BCUT2D eigenvalue weighted by Gasteiger charge is -2.34. The summed E-state index contributed by atoms with van der Waals surface area (Å²) >= 11 is 2.02. The highest BCUT2D eigenvalue weighted by atomic mass is 32.2. The predicted molar refractivity (Wildman–Crippen MR) is 89.6 cm³/mol. The van der Waals surface area contributed by atoms with Crippen LogP contribution >= 0.6 is 11.8 Å². The lowest BCUT2D eigenvalue weighted by Crippen LogP contribution is -2.40. The second kappa shape index (κ2) is 7.51. The third-order valence-electron chi connectivity index (χ3n) is 5.64. The fourth-order valence-corrected chi connectivity index (χ4v) is 4.75. The first-order valence-corrected chi connectivity index (χ1v) is 9.84. The zero-order valence-electron chi connectivity index (χ0n) is 13.7. The number of hydrogen-bond acceptors (Lipinski definition) is 3. The standard InChI is InChI=1S/C17H33NOS/c1-4-17(5-2,20-3)14-18-13-15-9-12-16(19-15)10-7-6-8-11-16/h15,18H,4-14H2,1-3H3. The first-order chi connectivity index (χ1) is 9.67. The molecule has 0 bridgehead atoms. The fraction of sp³-hybridized carbons (Fsp3) is 1.00. The molecule has 1 spiro atoms. The van der Waals surface area contributed by atoms with Crippen LogP contribution in [0.2, 0.25) is 0 Å². The van der Waals surface area contributed by atoms with E-state index >= 15 is 0 Å². The van der Waals surface area contributed by atoms with Gasteiger partial charge in [0.2, 0.25) is 0 Å². The fourth-order valence-electron chi connectivity index (χ4n) is 3.92. The van der Waals surface area contributed by atoms with Crippen LogP contribution < -0.4 is 5.32 Å². The maximum atomic E-state index is 6.44. The molecule has 2 rings (SSSR count). The van der Waals surface area contributed by atoms with Gasteiger partial charge in [-0.1, -0.05) is 33.1 Å². The normalized spacial score (nSPS) is 26.2. The van der Waals surface area contributed by atoms with Gasteiger partial charge in [0, 0.05) is 17.8 Å². The molecule has 0 radical (unpaired) electrons. The van der Waals surface area contributed by atoms with E-state index in [0.717, 1.165) is 13.1 Å². The van der Waals surface area contributed by atoms with Gasteiger partial charge in [0.1, 0.15) is 0 Å². The number of hydrogen-bond donors (Lipinski definition) is 1. The molecule has 0 amide bonds. The van der Waals surface area contributed by atoms with Crippen molar-refractivity contribution in [3.05, 3.63) is 0 Å². The first-order valence-electron chi connectivity index (χ1n) is 8.61. The third-order valence-corrected chi connectivity index (χ3v) is 7.23. The van der Waals surface area contributed by atoms with Crippen molar-refractivity contribution in [2.24, 2.45) is 0 Å². The molecule has 1 heterocycles. The number of nitrogens with one attached hydrogen (secondary N) is 1. The van der Waals surface area contributed by atoms with Crippen molar-refractivity contribution in [2.75, 3.05) is 19.3 Å². The molecule has 1 aliphatic heterocycles. The summed E-state index contributed by atoms with van der Waals surface area (Å²) in [5.74, 6) is 0. The summed E-state index contributed by atoms with van der Waals surface area (Å²) in [6.07, 6.45) is 14.5. The van der Waals surface area contributed by atoms with Crippen LogP contribution in [-0.2, 0) is 4.74 Å². The molecule has 1 unspecified atom stereocenters. The topological polar surface area (TPSA) is 21.3 Å². The molecular weight excluding hydrogens is 266 g/mol. The molecule has 0 aromatic rings. The first kappa shape index (κ1) is 16.6. The molecular formula is C17H33NOS. The molecule has 1 aliphatic carbocycles.